The van der Waals surface area contributed by atoms with E-state index in [1.165, 1.54) is 18.2 Å². The summed E-state index contributed by atoms with van der Waals surface area (Å²) in [5, 5.41) is 5.19. The summed E-state index contributed by atoms with van der Waals surface area (Å²) in [7, 11) is 0. The average Bonchev–Trinajstić information content (AvgIpc) is 2.84. The highest BCUT2D eigenvalue weighted by Crippen LogP contribution is 2.26. The van der Waals surface area contributed by atoms with Crippen molar-refractivity contribution < 1.29 is 18.7 Å². The number of aryl methyl sites for hydroxylation is 1. The zero-order valence-electron chi connectivity index (χ0n) is 18.3. The van der Waals surface area contributed by atoms with Gasteiger partial charge in [-0.2, -0.15) is 5.10 Å². The van der Waals surface area contributed by atoms with Crippen LogP contribution in [0.25, 0.3) is 11.0 Å². The van der Waals surface area contributed by atoms with Gasteiger partial charge in [0, 0.05) is 28.1 Å². The summed E-state index contributed by atoms with van der Waals surface area (Å²) in [5.41, 5.74) is 0.680. The SMILES string of the molecule is CCc1cc2oc(=O)cc(COC(=O)c3ccc(=O)n(CCOc4ccccc4)n3)c2cc1Cl. The van der Waals surface area contributed by atoms with E-state index in [1.54, 1.807) is 24.3 Å². The van der Waals surface area contributed by atoms with Gasteiger partial charge in [0.25, 0.3) is 5.56 Å². The fourth-order valence-electron chi connectivity index (χ4n) is 3.38. The number of carbonyl (C=O) groups is 1. The van der Waals surface area contributed by atoms with Crippen LogP contribution < -0.4 is 15.9 Å². The number of aromatic nitrogens is 2. The van der Waals surface area contributed by atoms with Crippen LogP contribution >= 0.6 is 11.6 Å². The molecule has 2 aromatic heterocycles. The van der Waals surface area contributed by atoms with E-state index in [-0.39, 0.29) is 31.0 Å². The van der Waals surface area contributed by atoms with Gasteiger partial charge < -0.3 is 13.9 Å². The van der Waals surface area contributed by atoms with E-state index in [0.717, 1.165) is 10.2 Å². The van der Waals surface area contributed by atoms with Crippen molar-refractivity contribution in [2.24, 2.45) is 0 Å². The lowest BCUT2D eigenvalue weighted by atomic mass is 10.1. The lowest BCUT2D eigenvalue weighted by molar-refractivity contribution is 0.0463. The summed E-state index contributed by atoms with van der Waals surface area (Å²) in [6, 6.07) is 16.3. The molecule has 0 radical (unpaired) electrons. The van der Waals surface area contributed by atoms with Crippen LogP contribution in [0.4, 0.5) is 0 Å². The molecule has 0 bridgehead atoms. The fraction of sp³-hybridized carbons (Fsp3) is 0.200. The van der Waals surface area contributed by atoms with E-state index < -0.39 is 11.6 Å². The predicted octanol–water partition coefficient (Wildman–Crippen LogP) is 4.00. The summed E-state index contributed by atoms with van der Waals surface area (Å²) in [6.45, 7) is 2.09. The predicted molar refractivity (Wildman–Crippen MR) is 126 cm³/mol. The molecule has 4 rings (SSSR count). The van der Waals surface area contributed by atoms with Gasteiger partial charge in [0.15, 0.2) is 5.69 Å². The van der Waals surface area contributed by atoms with E-state index in [2.05, 4.69) is 5.10 Å². The number of halogens is 1. The number of hydrogen-bond acceptors (Lipinski definition) is 7. The number of hydrogen-bond donors (Lipinski definition) is 0. The summed E-state index contributed by atoms with van der Waals surface area (Å²) >= 11 is 6.31. The number of esters is 1. The quantitative estimate of drug-likeness (QED) is 0.277. The van der Waals surface area contributed by atoms with E-state index in [0.29, 0.717) is 33.7 Å². The number of ether oxygens (including phenoxy) is 2. The van der Waals surface area contributed by atoms with Crippen molar-refractivity contribution >= 4 is 28.5 Å². The number of benzene rings is 2. The molecule has 0 aliphatic heterocycles. The van der Waals surface area contributed by atoms with Crippen molar-refractivity contribution in [1.82, 2.24) is 9.78 Å². The van der Waals surface area contributed by atoms with E-state index in [4.69, 9.17) is 25.5 Å². The summed E-state index contributed by atoms with van der Waals surface area (Å²) in [6.07, 6.45) is 0.676. The second-order valence-corrected chi connectivity index (χ2v) is 7.81. The Balaban J connectivity index is 1.47. The average molecular weight is 481 g/mol. The first-order valence-corrected chi connectivity index (χ1v) is 11.0. The topological polar surface area (TPSA) is 101 Å². The van der Waals surface area contributed by atoms with Gasteiger partial charge in [0.2, 0.25) is 0 Å². The molecule has 174 valence electrons. The number of rotatable bonds is 8. The van der Waals surface area contributed by atoms with Crippen molar-refractivity contribution in [3.05, 3.63) is 103 Å². The molecular weight excluding hydrogens is 460 g/mol. The van der Waals surface area contributed by atoms with E-state index >= 15 is 0 Å². The molecule has 2 aromatic carbocycles. The van der Waals surface area contributed by atoms with Crippen molar-refractivity contribution in [1.29, 1.82) is 0 Å². The zero-order chi connectivity index (χ0) is 24.1. The molecule has 34 heavy (non-hydrogen) atoms. The minimum absolute atomic E-state index is 0.0436. The second kappa shape index (κ2) is 10.4. The molecule has 0 aliphatic rings. The Kier molecular flexibility index (Phi) is 7.08. The van der Waals surface area contributed by atoms with E-state index in [9.17, 15) is 14.4 Å². The molecule has 0 saturated carbocycles. The summed E-state index contributed by atoms with van der Waals surface area (Å²) < 4.78 is 17.4. The zero-order valence-corrected chi connectivity index (χ0v) is 19.1. The highest BCUT2D eigenvalue weighted by Gasteiger charge is 2.15. The van der Waals surface area contributed by atoms with Gasteiger partial charge in [0.1, 0.15) is 24.5 Å². The highest BCUT2D eigenvalue weighted by molar-refractivity contribution is 6.32. The van der Waals surface area contributed by atoms with Gasteiger partial charge in [0.05, 0.1) is 6.54 Å². The molecule has 2 heterocycles. The van der Waals surface area contributed by atoms with Gasteiger partial charge >= 0.3 is 11.6 Å². The smallest absolute Gasteiger partial charge is 0.359 e. The molecule has 4 aromatic rings. The van der Waals surface area contributed by atoms with Crippen LogP contribution in [0.15, 0.2) is 74.7 Å². The van der Waals surface area contributed by atoms with Crippen LogP contribution in [0.2, 0.25) is 5.02 Å². The van der Waals surface area contributed by atoms with Gasteiger partial charge in [-0.15, -0.1) is 0 Å². The molecule has 8 nitrogen and oxygen atoms in total. The van der Waals surface area contributed by atoms with Crippen LogP contribution in [0.1, 0.15) is 28.5 Å². The van der Waals surface area contributed by atoms with Crippen LogP contribution in [-0.4, -0.2) is 22.4 Å². The molecule has 0 aliphatic carbocycles. The number of nitrogens with zero attached hydrogens (tertiary/aromatic N) is 2. The second-order valence-electron chi connectivity index (χ2n) is 7.40. The number of para-hydroxylation sites is 1. The number of carbonyl (C=O) groups excluding carboxylic acids is 1. The Morgan fingerprint density at radius 2 is 1.85 bits per heavy atom. The third-order valence-corrected chi connectivity index (χ3v) is 5.48. The van der Waals surface area contributed by atoms with Crippen molar-refractivity contribution in [3.8, 4) is 5.75 Å². The molecule has 0 amide bonds. The third-order valence-electron chi connectivity index (χ3n) is 5.13. The first kappa shape index (κ1) is 23.3. The molecule has 0 saturated heterocycles. The number of fused-ring (bicyclic) bond motifs is 1. The molecule has 9 heteroatoms. The van der Waals surface area contributed by atoms with Gasteiger partial charge in [-0.25, -0.2) is 14.3 Å². The monoisotopic (exact) mass is 480 g/mol. The normalized spacial score (nSPS) is 10.9. The third kappa shape index (κ3) is 5.35. The standard InChI is InChI=1S/C25H21ClN2O6/c1-2-16-12-22-19(14-20(16)26)17(13-24(30)34-22)15-33-25(31)21-8-9-23(29)28(27-21)10-11-32-18-6-4-3-5-7-18/h3-9,12-14H,2,10-11,15H2,1H3. The first-order valence-electron chi connectivity index (χ1n) is 10.6. The molecule has 0 unspecified atom stereocenters. The summed E-state index contributed by atoms with van der Waals surface area (Å²) in [5.74, 6) is -0.0766. The van der Waals surface area contributed by atoms with Gasteiger partial charge in [-0.3, -0.25) is 4.79 Å². The van der Waals surface area contributed by atoms with Crippen LogP contribution in [0.3, 0.4) is 0 Å². The molecule has 0 spiro atoms. The van der Waals surface area contributed by atoms with E-state index in [1.807, 2.05) is 25.1 Å². The largest absolute Gasteiger partial charge is 0.492 e. The Bertz CT molecular complexity index is 1450. The van der Waals surface area contributed by atoms with Crippen LogP contribution in [-0.2, 0) is 24.3 Å². The van der Waals surface area contributed by atoms with Crippen LogP contribution in [0, 0.1) is 0 Å². The Morgan fingerprint density at radius 1 is 1.06 bits per heavy atom. The minimum Gasteiger partial charge on any atom is -0.492 e. The molecule has 0 fully saturated rings. The lowest BCUT2D eigenvalue weighted by Crippen LogP contribution is -2.27. The Morgan fingerprint density at radius 3 is 2.62 bits per heavy atom. The minimum atomic E-state index is -0.740. The highest BCUT2D eigenvalue weighted by atomic mass is 35.5. The van der Waals surface area contributed by atoms with Crippen molar-refractivity contribution in [3.63, 3.8) is 0 Å². The lowest BCUT2D eigenvalue weighted by Gasteiger charge is -2.10. The maximum Gasteiger partial charge on any atom is 0.359 e. The van der Waals surface area contributed by atoms with Gasteiger partial charge in [-0.1, -0.05) is 36.7 Å². The first-order chi connectivity index (χ1) is 16.4. The van der Waals surface area contributed by atoms with Gasteiger partial charge in [-0.05, 0) is 42.3 Å². The fourth-order valence-corrected chi connectivity index (χ4v) is 3.68. The van der Waals surface area contributed by atoms with Crippen LogP contribution in [0.5, 0.6) is 5.75 Å². The van der Waals surface area contributed by atoms with Crippen molar-refractivity contribution in [2.45, 2.75) is 26.5 Å². The van der Waals surface area contributed by atoms with Crippen molar-refractivity contribution in [2.75, 3.05) is 6.61 Å². The Hall–Kier alpha value is -3.91. The maximum atomic E-state index is 12.6. The Labute approximate surface area is 199 Å². The molecular formula is C25H21ClN2O6. The molecule has 0 atom stereocenters. The summed E-state index contributed by atoms with van der Waals surface area (Å²) in [4.78, 5) is 36.7. The molecule has 0 N–H and O–H groups in total. The maximum absolute atomic E-state index is 12.6.